The number of ether oxygens (including phenoxy) is 1. The Labute approximate surface area is 129 Å². The van der Waals surface area contributed by atoms with Gasteiger partial charge in [-0.2, -0.15) is 0 Å². The summed E-state index contributed by atoms with van der Waals surface area (Å²) in [5.74, 6) is -0.0821. The third-order valence-electron chi connectivity index (χ3n) is 4.01. The number of anilines is 1. The standard InChI is InChI=1S/C15H20N4O3/c20-14-11-18(15(21)17-12-3-8-22-9-4-12)6-7-19(14)13-2-1-5-16-10-13/h1-2,5,10,12H,3-4,6-9,11H2,(H,17,21). The zero-order valence-electron chi connectivity index (χ0n) is 12.4. The lowest BCUT2D eigenvalue weighted by Gasteiger charge is -2.35. The van der Waals surface area contributed by atoms with Crippen LogP contribution in [0.5, 0.6) is 0 Å². The first-order chi connectivity index (χ1) is 10.7. The Bertz CT molecular complexity index is 531. The molecule has 1 aromatic heterocycles. The minimum Gasteiger partial charge on any atom is -0.381 e. The van der Waals surface area contributed by atoms with Gasteiger partial charge in [0.1, 0.15) is 6.54 Å². The largest absolute Gasteiger partial charge is 0.381 e. The predicted molar refractivity (Wildman–Crippen MR) is 80.5 cm³/mol. The number of hydrogen-bond donors (Lipinski definition) is 1. The normalized spacial score (nSPS) is 20.1. The van der Waals surface area contributed by atoms with Gasteiger partial charge >= 0.3 is 6.03 Å². The van der Waals surface area contributed by atoms with Gasteiger partial charge in [0.15, 0.2) is 0 Å². The molecule has 0 radical (unpaired) electrons. The molecule has 2 aliphatic heterocycles. The average molecular weight is 304 g/mol. The summed E-state index contributed by atoms with van der Waals surface area (Å²) < 4.78 is 5.28. The Morgan fingerprint density at radius 1 is 1.32 bits per heavy atom. The number of carbonyl (C=O) groups excluding carboxylic acids is 2. The lowest BCUT2D eigenvalue weighted by atomic mass is 10.1. The zero-order chi connectivity index (χ0) is 15.4. The van der Waals surface area contributed by atoms with Crippen LogP contribution in [0.1, 0.15) is 12.8 Å². The predicted octanol–water partition coefficient (Wildman–Crippen LogP) is 0.619. The van der Waals surface area contributed by atoms with Crippen LogP contribution in [0.3, 0.4) is 0 Å². The van der Waals surface area contributed by atoms with Crippen LogP contribution in [0.25, 0.3) is 0 Å². The number of carbonyl (C=O) groups is 2. The summed E-state index contributed by atoms with van der Waals surface area (Å²) in [6, 6.07) is 3.63. The summed E-state index contributed by atoms with van der Waals surface area (Å²) in [6.45, 7) is 2.47. The molecule has 0 atom stereocenters. The summed E-state index contributed by atoms with van der Waals surface area (Å²) in [5, 5.41) is 2.99. The van der Waals surface area contributed by atoms with Crippen molar-refractivity contribution in [3.05, 3.63) is 24.5 Å². The smallest absolute Gasteiger partial charge is 0.318 e. The van der Waals surface area contributed by atoms with Crippen molar-refractivity contribution in [3.63, 3.8) is 0 Å². The van der Waals surface area contributed by atoms with Crippen molar-refractivity contribution < 1.29 is 14.3 Å². The summed E-state index contributed by atoms with van der Waals surface area (Å²) in [5.41, 5.74) is 0.775. The van der Waals surface area contributed by atoms with Crippen molar-refractivity contribution in [2.45, 2.75) is 18.9 Å². The van der Waals surface area contributed by atoms with Crippen LogP contribution in [-0.4, -0.2) is 60.7 Å². The van der Waals surface area contributed by atoms with Gasteiger partial charge in [0.05, 0.1) is 11.9 Å². The number of piperazine rings is 1. The monoisotopic (exact) mass is 304 g/mol. The highest BCUT2D eigenvalue weighted by Crippen LogP contribution is 2.16. The number of nitrogens with zero attached hydrogens (tertiary/aromatic N) is 3. The highest BCUT2D eigenvalue weighted by atomic mass is 16.5. The van der Waals surface area contributed by atoms with Crippen LogP contribution in [-0.2, 0) is 9.53 Å². The number of amides is 3. The van der Waals surface area contributed by atoms with Crippen LogP contribution >= 0.6 is 0 Å². The fourth-order valence-corrected chi connectivity index (χ4v) is 2.74. The molecule has 0 bridgehead atoms. The number of rotatable bonds is 2. The fraction of sp³-hybridized carbons (Fsp3) is 0.533. The minimum absolute atomic E-state index is 0.0821. The number of pyridine rings is 1. The number of aromatic nitrogens is 1. The lowest BCUT2D eigenvalue weighted by Crippen LogP contribution is -2.56. The Kier molecular flexibility index (Phi) is 4.53. The van der Waals surface area contributed by atoms with E-state index >= 15 is 0 Å². The summed E-state index contributed by atoms with van der Waals surface area (Å²) in [7, 11) is 0. The Balaban J connectivity index is 1.55. The molecule has 3 amide bonds. The van der Waals surface area contributed by atoms with Crippen molar-refractivity contribution in [1.29, 1.82) is 0 Å². The Morgan fingerprint density at radius 3 is 2.82 bits per heavy atom. The first-order valence-electron chi connectivity index (χ1n) is 7.57. The first kappa shape index (κ1) is 14.8. The molecule has 2 fully saturated rings. The maximum Gasteiger partial charge on any atom is 0.318 e. The summed E-state index contributed by atoms with van der Waals surface area (Å²) in [4.78, 5) is 31.8. The van der Waals surface area contributed by atoms with Gasteiger partial charge in [0, 0.05) is 38.5 Å². The van der Waals surface area contributed by atoms with E-state index in [0.29, 0.717) is 26.3 Å². The molecule has 2 aliphatic rings. The van der Waals surface area contributed by atoms with E-state index in [0.717, 1.165) is 18.5 Å². The second-order valence-corrected chi connectivity index (χ2v) is 5.51. The van der Waals surface area contributed by atoms with E-state index in [9.17, 15) is 9.59 Å². The molecule has 1 aromatic rings. The third kappa shape index (κ3) is 3.36. The molecule has 118 valence electrons. The van der Waals surface area contributed by atoms with E-state index in [2.05, 4.69) is 10.3 Å². The van der Waals surface area contributed by atoms with Gasteiger partial charge in [-0.1, -0.05) is 0 Å². The molecule has 7 heteroatoms. The van der Waals surface area contributed by atoms with Crippen LogP contribution in [0.15, 0.2) is 24.5 Å². The van der Waals surface area contributed by atoms with Crippen molar-refractivity contribution in [1.82, 2.24) is 15.2 Å². The van der Waals surface area contributed by atoms with Gasteiger partial charge in [-0.3, -0.25) is 9.78 Å². The number of urea groups is 1. The van der Waals surface area contributed by atoms with E-state index in [4.69, 9.17) is 4.74 Å². The summed E-state index contributed by atoms with van der Waals surface area (Å²) >= 11 is 0. The van der Waals surface area contributed by atoms with Crippen molar-refractivity contribution in [3.8, 4) is 0 Å². The van der Waals surface area contributed by atoms with E-state index in [-0.39, 0.29) is 24.5 Å². The van der Waals surface area contributed by atoms with Gasteiger partial charge in [0.25, 0.3) is 0 Å². The molecule has 7 nitrogen and oxygen atoms in total. The summed E-state index contributed by atoms with van der Waals surface area (Å²) in [6.07, 6.45) is 4.99. The topological polar surface area (TPSA) is 74.8 Å². The maximum atomic E-state index is 12.3. The SMILES string of the molecule is O=C(NC1CCOCC1)N1CCN(c2cccnc2)C(=O)C1. The molecule has 0 spiro atoms. The van der Waals surface area contributed by atoms with Gasteiger partial charge in [-0.15, -0.1) is 0 Å². The van der Waals surface area contributed by atoms with Gasteiger partial charge in [0.2, 0.25) is 5.91 Å². The molecular weight excluding hydrogens is 284 g/mol. The molecular formula is C15H20N4O3. The van der Waals surface area contributed by atoms with Crippen molar-refractivity contribution in [2.24, 2.45) is 0 Å². The van der Waals surface area contributed by atoms with Crippen LogP contribution in [0, 0.1) is 0 Å². The van der Waals surface area contributed by atoms with Gasteiger partial charge in [-0.25, -0.2) is 4.79 Å². The molecule has 1 N–H and O–H groups in total. The van der Waals surface area contributed by atoms with Gasteiger partial charge < -0.3 is 19.9 Å². The first-order valence-corrected chi connectivity index (χ1v) is 7.57. The van der Waals surface area contributed by atoms with Crippen molar-refractivity contribution >= 4 is 17.6 Å². The second-order valence-electron chi connectivity index (χ2n) is 5.51. The van der Waals surface area contributed by atoms with E-state index < -0.39 is 0 Å². The van der Waals surface area contributed by atoms with E-state index in [1.165, 1.54) is 0 Å². The zero-order valence-corrected chi connectivity index (χ0v) is 12.4. The average Bonchev–Trinajstić information content (AvgIpc) is 2.56. The van der Waals surface area contributed by atoms with E-state index in [1.807, 2.05) is 6.07 Å². The molecule has 22 heavy (non-hydrogen) atoms. The third-order valence-corrected chi connectivity index (χ3v) is 4.01. The maximum absolute atomic E-state index is 12.3. The molecule has 0 saturated carbocycles. The quantitative estimate of drug-likeness (QED) is 0.869. The van der Waals surface area contributed by atoms with Crippen LogP contribution in [0.2, 0.25) is 0 Å². The lowest BCUT2D eigenvalue weighted by molar-refractivity contribution is -0.120. The number of hydrogen-bond acceptors (Lipinski definition) is 4. The van der Waals surface area contributed by atoms with E-state index in [1.54, 1.807) is 28.3 Å². The highest BCUT2D eigenvalue weighted by Gasteiger charge is 2.29. The van der Waals surface area contributed by atoms with Crippen molar-refractivity contribution in [2.75, 3.05) is 37.7 Å². The minimum atomic E-state index is -0.161. The molecule has 0 aliphatic carbocycles. The second kappa shape index (κ2) is 6.74. The Morgan fingerprint density at radius 2 is 2.14 bits per heavy atom. The highest BCUT2D eigenvalue weighted by molar-refractivity contribution is 5.97. The van der Waals surface area contributed by atoms with Crippen LogP contribution < -0.4 is 10.2 Å². The number of nitrogens with one attached hydrogen (secondary N) is 1. The van der Waals surface area contributed by atoms with Gasteiger partial charge in [-0.05, 0) is 25.0 Å². The molecule has 3 heterocycles. The fourth-order valence-electron chi connectivity index (χ4n) is 2.74. The molecule has 2 saturated heterocycles. The van der Waals surface area contributed by atoms with Crippen LogP contribution in [0.4, 0.5) is 10.5 Å². The molecule has 0 aromatic carbocycles. The molecule has 0 unspecified atom stereocenters. The molecule has 3 rings (SSSR count). The Hall–Kier alpha value is -2.15.